The summed E-state index contributed by atoms with van der Waals surface area (Å²) in [6.07, 6.45) is -4.67. The topological polar surface area (TPSA) is 37.4 Å². The van der Waals surface area contributed by atoms with Gasteiger partial charge in [-0.15, -0.1) is 0 Å². The van der Waals surface area contributed by atoms with Gasteiger partial charge in [0.15, 0.2) is 0 Å². The number of alkyl halides is 3. The molecule has 0 aliphatic rings. The molecule has 0 amide bonds. The number of sulfonamides is 1. The SMILES string of the molecule is CCC(c1ccccc1)S(=O)(=O)N(Cc1ccc(Br)cc1F)CC(F)(F)F. The van der Waals surface area contributed by atoms with Gasteiger partial charge >= 0.3 is 6.18 Å². The predicted octanol–water partition coefficient (Wildman–Crippen LogP) is 5.43. The van der Waals surface area contributed by atoms with Crippen LogP contribution in [0.1, 0.15) is 29.7 Å². The van der Waals surface area contributed by atoms with E-state index in [2.05, 4.69) is 15.9 Å². The Hall–Kier alpha value is -1.45. The third-order valence-corrected chi connectivity index (χ3v) is 6.77. The molecule has 1 unspecified atom stereocenters. The molecule has 0 bridgehead atoms. The molecule has 27 heavy (non-hydrogen) atoms. The van der Waals surface area contributed by atoms with Crippen LogP contribution >= 0.6 is 15.9 Å². The van der Waals surface area contributed by atoms with E-state index in [0.29, 0.717) is 14.3 Å². The highest BCUT2D eigenvalue weighted by atomic mass is 79.9. The molecule has 9 heteroatoms. The number of hydrogen-bond acceptors (Lipinski definition) is 2. The lowest BCUT2D eigenvalue weighted by Crippen LogP contribution is -2.41. The second kappa shape index (κ2) is 8.70. The molecule has 2 rings (SSSR count). The highest BCUT2D eigenvalue weighted by molar-refractivity contribution is 9.10. The first kappa shape index (κ1) is 21.8. The minimum Gasteiger partial charge on any atom is -0.212 e. The number of hydrogen-bond donors (Lipinski definition) is 0. The lowest BCUT2D eigenvalue weighted by atomic mass is 10.1. The predicted molar refractivity (Wildman–Crippen MR) is 99.0 cm³/mol. The summed E-state index contributed by atoms with van der Waals surface area (Å²) in [5.74, 6) is -0.778. The van der Waals surface area contributed by atoms with Gasteiger partial charge in [0.05, 0.1) is 0 Å². The first-order chi connectivity index (χ1) is 12.5. The normalized spacial score (nSPS) is 13.7. The Balaban J connectivity index is 2.45. The fraction of sp³-hybridized carbons (Fsp3) is 0.333. The van der Waals surface area contributed by atoms with Crippen LogP contribution in [-0.4, -0.2) is 25.4 Å². The third kappa shape index (κ3) is 5.76. The van der Waals surface area contributed by atoms with E-state index in [-0.39, 0.29) is 12.0 Å². The van der Waals surface area contributed by atoms with Crippen LogP contribution in [0.3, 0.4) is 0 Å². The molecule has 0 aliphatic heterocycles. The quantitative estimate of drug-likeness (QED) is 0.508. The summed E-state index contributed by atoms with van der Waals surface area (Å²) in [6, 6.07) is 11.8. The molecular weight excluding hydrogens is 450 g/mol. The van der Waals surface area contributed by atoms with E-state index in [1.165, 1.54) is 12.1 Å². The molecule has 0 saturated carbocycles. The van der Waals surface area contributed by atoms with Crippen LogP contribution in [-0.2, 0) is 16.6 Å². The van der Waals surface area contributed by atoms with Gasteiger partial charge in [0.1, 0.15) is 17.6 Å². The van der Waals surface area contributed by atoms with Crippen molar-refractivity contribution >= 4 is 26.0 Å². The van der Waals surface area contributed by atoms with Crippen LogP contribution in [0.2, 0.25) is 0 Å². The molecule has 1 atom stereocenters. The van der Waals surface area contributed by atoms with Gasteiger partial charge in [-0.05, 0) is 24.1 Å². The number of nitrogens with zero attached hydrogens (tertiary/aromatic N) is 1. The molecule has 3 nitrogen and oxygen atoms in total. The molecular formula is C18H18BrF4NO2S. The van der Waals surface area contributed by atoms with Crippen molar-refractivity contribution in [2.75, 3.05) is 6.54 Å². The van der Waals surface area contributed by atoms with Gasteiger partial charge in [-0.2, -0.15) is 17.5 Å². The minimum absolute atomic E-state index is 0.0868. The van der Waals surface area contributed by atoms with Crippen LogP contribution in [0.5, 0.6) is 0 Å². The van der Waals surface area contributed by atoms with Gasteiger partial charge < -0.3 is 0 Å². The highest BCUT2D eigenvalue weighted by Crippen LogP contribution is 2.32. The zero-order valence-electron chi connectivity index (χ0n) is 14.4. The molecule has 148 valence electrons. The van der Waals surface area contributed by atoms with Crippen molar-refractivity contribution in [3.63, 3.8) is 0 Å². The molecule has 2 aromatic carbocycles. The van der Waals surface area contributed by atoms with Crippen molar-refractivity contribution in [1.29, 1.82) is 0 Å². The lowest BCUT2D eigenvalue weighted by molar-refractivity contribution is -0.137. The van der Waals surface area contributed by atoms with Crippen molar-refractivity contribution in [3.8, 4) is 0 Å². The fourth-order valence-corrected chi connectivity index (χ4v) is 5.00. The molecule has 0 N–H and O–H groups in total. The summed E-state index contributed by atoms with van der Waals surface area (Å²) in [6.45, 7) is -0.806. The van der Waals surface area contributed by atoms with E-state index < -0.39 is 40.4 Å². The number of benzene rings is 2. The van der Waals surface area contributed by atoms with E-state index >= 15 is 0 Å². The smallest absolute Gasteiger partial charge is 0.212 e. The van der Waals surface area contributed by atoms with Crippen molar-refractivity contribution in [2.45, 2.75) is 31.3 Å². The Labute approximate surface area is 164 Å². The molecule has 0 saturated heterocycles. The standard InChI is InChI=1S/C18H18BrF4NO2S/c1-2-17(13-6-4-3-5-7-13)27(25,26)24(12-18(21,22)23)11-14-8-9-15(19)10-16(14)20/h3-10,17H,2,11-12H2,1H3. The van der Waals surface area contributed by atoms with Crippen LogP contribution in [0.4, 0.5) is 17.6 Å². The Kier molecular flexibility index (Phi) is 7.04. The highest BCUT2D eigenvalue weighted by Gasteiger charge is 2.40. The van der Waals surface area contributed by atoms with E-state index in [1.807, 2.05) is 0 Å². The van der Waals surface area contributed by atoms with Crippen molar-refractivity contribution < 1.29 is 26.0 Å². The molecule has 0 heterocycles. The van der Waals surface area contributed by atoms with E-state index in [4.69, 9.17) is 0 Å². The van der Waals surface area contributed by atoms with Gasteiger partial charge in [-0.3, -0.25) is 0 Å². The van der Waals surface area contributed by atoms with Gasteiger partial charge in [-0.1, -0.05) is 59.3 Å². The second-order valence-electron chi connectivity index (χ2n) is 5.97. The molecule has 0 fully saturated rings. The minimum atomic E-state index is -4.76. The Morgan fingerprint density at radius 1 is 1.11 bits per heavy atom. The lowest BCUT2D eigenvalue weighted by Gasteiger charge is -2.28. The van der Waals surface area contributed by atoms with E-state index in [0.717, 1.165) is 6.07 Å². The van der Waals surface area contributed by atoms with Gasteiger partial charge in [-0.25, -0.2) is 12.8 Å². The average Bonchev–Trinajstić information content (AvgIpc) is 2.57. The number of rotatable bonds is 7. The number of halogens is 5. The summed E-state index contributed by atoms with van der Waals surface area (Å²) in [5, 5.41) is -1.15. The van der Waals surface area contributed by atoms with Crippen molar-refractivity contribution in [2.24, 2.45) is 0 Å². The summed E-state index contributed by atoms with van der Waals surface area (Å²) >= 11 is 3.06. The molecule has 0 aromatic heterocycles. The summed E-state index contributed by atoms with van der Waals surface area (Å²) < 4.78 is 80.0. The van der Waals surface area contributed by atoms with Gasteiger partial charge in [0.2, 0.25) is 10.0 Å². The molecule has 0 spiro atoms. The maximum Gasteiger partial charge on any atom is 0.402 e. The van der Waals surface area contributed by atoms with E-state index in [1.54, 1.807) is 37.3 Å². The first-order valence-corrected chi connectivity index (χ1v) is 10.4. The van der Waals surface area contributed by atoms with Gasteiger partial charge in [0.25, 0.3) is 0 Å². The summed E-state index contributed by atoms with van der Waals surface area (Å²) in [4.78, 5) is 0. The third-order valence-electron chi connectivity index (χ3n) is 3.98. The van der Waals surface area contributed by atoms with Crippen molar-refractivity contribution in [1.82, 2.24) is 4.31 Å². The average molecular weight is 468 g/mol. The van der Waals surface area contributed by atoms with Gasteiger partial charge in [0, 0.05) is 16.6 Å². The zero-order chi connectivity index (χ0) is 20.2. The fourth-order valence-electron chi connectivity index (χ4n) is 2.74. The maximum absolute atomic E-state index is 14.1. The van der Waals surface area contributed by atoms with Crippen LogP contribution in [0.15, 0.2) is 53.0 Å². The first-order valence-electron chi connectivity index (χ1n) is 8.09. The largest absolute Gasteiger partial charge is 0.402 e. The zero-order valence-corrected chi connectivity index (χ0v) is 16.8. The Morgan fingerprint density at radius 2 is 1.74 bits per heavy atom. The summed E-state index contributed by atoms with van der Waals surface area (Å²) in [5.41, 5.74) is 0.261. The Morgan fingerprint density at radius 3 is 2.26 bits per heavy atom. The Bertz CT molecular complexity index is 873. The maximum atomic E-state index is 14.1. The molecule has 0 aliphatic carbocycles. The summed E-state index contributed by atoms with van der Waals surface area (Å²) in [7, 11) is -4.39. The van der Waals surface area contributed by atoms with Crippen LogP contribution in [0.25, 0.3) is 0 Å². The molecule has 2 aromatic rings. The monoisotopic (exact) mass is 467 g/mol. The van der Waals surface area contributed by atoms with E-state index in [9.17, 15) is 26.0 Å². The molecule has 0 radical (unpaired) electrons. The van der Waals surface area contributed by atoms with Crippen molar-refractivity contribution in [3.05, 3.63) is 69.9 Å². The van der Waals surface area contributed by atoms with Crippen LogP contribution in [0, 0.1) is 5.82 Å². The second-order valence-corrected chi connectivity index (χ2v) is 9.00. The van der Waals surface area contributed by atoms with Crippen LogP contribution < -0.4 is 0 Å².